The van der Waals surface area contributed by atoms with Crippen LogP contribution >= 0.6 is 27.3 Å². The van der Waals surface area contributed by atoms with Gasteiger partial charge in [0.05, 0.1) is 15.7 Å². The van der Waals surface area contributed by atoms with Crippen LogP contribution in [0.4, 0.5) is 0 Å². The highest BCUT2D eigenvalue weighted by Gasteiger charge is 2.42. The zero-order valence-corrected chi connectivity index (χ0v) is 17.3. The van der Waals surface area contributed by atoms with Gasteiger partial charge in [0.2, 0.25) is 5.91 Å². The number of carbonyl (C=O) groups is 1. The lowest BCUT2D eigenvalue weighted by Crippen LogP contribution is -2.49. The first-order valence-corrected chi connectivity index (χ1v) is 9.87. The van der Waals surface area contributed by atoms with E-state index in [0.29, 0.717) is 6.54 Å². The summed E-state index contributed by atoms with van der Waals surface area (Å²) in [6.07, 6.45) is 4.16. The Morgan fingerprint density at radius 1 is 1.33 bits per heavy atom. The average Bonchev–Trinajstić information content (AvgIpc) is 3.17. The molecule has 0 unspecified atom stereocenters. The summed E-state index contributed by atoms with van der Waals surface area (Å²) in [6, 6.07) is 4.18. The number of guanidine groups is 1. The van der Waals surface area contributed by atoms with Crippen molar-refractivity contribution < 1.29 is 4.79 Å². The molecule has 1 saturated carbocycles. The maximum absolute atomic E-state index is 12.7. The Balaban J connectivity index is 2.00. The summed E-state index contributed by atoms with van der Waals surface area (Å²) in [7, 11) is 7.51. The first kappa shape index (κ1) is 19.2. The van der Waals surface area contributed by atoms with Crippen molar-refractivity contribution in [3.05, 3.63) is 20.8 Å². The number of amides is 1. The van der Waals surface area contributed by atoms with E-state index in [1.807, 2.05) is 21.1 Å². The summed E-state index contributed by atoms with van der Waals surface area (Å²) in [5, 5.41) is 3.44. The summed E-state index contributed by atoms with van der Waals surface area (Å²) in [5.74, 6) is 1.06. The number of halogens is 1. The summed E-state index contributed by atoms with van der Waals surface area (Å²) in [6.45, 7) is 1.44. The van der Waals surface area contributed by atoms with Gasteiger partial charge in [0, 0.05) is 39.6 Å². The van der Waals surface area contributed by atoms with Crippen LogP contribution in [0.25, 0.3) is 0 Å². The van der Waals surface area contributed by atoms with E-state index in [0.717, 1.165) is 42.0 Å². The first-order chi connectivity index (χ1) is 11.4. The molecule has 0 aromatic carbocycles. The molecule has 0 saturated heterocycles. The fourth-order valence-corrected chi connectivity index (χ4v) is 4.91. The minimum absolute atomic E-state index is 0.229. The van der Waals surface area contributed by atoms with Crippen molar-refractivity contribution in [1.82, 2.24) is 15.1 Å². The second-order valence-electron chi connectivity index (χ2n) is 6.65. The van der Waals surface area contributed by atoms with Gasteiger partial charge in [-0.2, -0.15) is 0 Å². The summed E-state index contributed by atoms with van der Waals surface area (Å²) in [5.41, 5.74) is -0.285. The van der Waals surface area contributed by atoms with Gasteiger partial charge in [-0.1, -0.05) is 12.8 Å². The van der Waals surface area contributed by atoms with Gasteiger partial charge in [-0.05, 0) is 40.9 Å². The highest BCUT2D eigenvalue weighted by Crippen LogP contribution is 2.39. The molecule has 0 spiro atoms. The van der Waals surface area contributed by atoms with E-state index in [1.54, 1.807) is 23.3 Å². The molecule has 1 aliphatic carbocycles. The molecule has 1 aromatic rings. The van der Waals surface area contributed by atoms with Crippen molar-refractivity contribution in [2.24, 2.45) is 10.4 Å². The zero-order chi connectivity index (χ0) is 17.7. The van der Waals surface area contributed by atoms with E-state index in [2.05, 4.69) is 43.3 Å². The molecular formula is C17H27BrN4OS. The number of thiophene rings is 1. The SMILES string of the molecule is CN=C(NCC1(C(=O)N(C)C)CCCC1)N(C)Cc1ccc(Br)s1. The molecule has 24 heavy (non-hydrogen) atoms. The van der Waals surface area contributed by atoms with Gasteiger partial charge in [0.1, 0.15) is 0 Å². The van der Waals surface area contributed by atoms with E-state index in [4.69, 9.17) is 0 Å². The minimum Gasteiger partial charge on any atom is -0.355 e. The summed E-state index contributed by atoms with van der Waals surface area (Å²) in [4.78, 5) is 22.1. The Kier molecular flexibility index (Phi) is 6.69. The third kappa shape index (κ3) is 4.51. The van der Waals surface area contributed by atoms with Crippen molar-refractivity contribution in [1.29, 1.82) is 0 Å². The Morgan fingerprint density at radius 2 is 2.00 bits per heavy atom. The van der Waals surface area contributed by atoms with Gasteiger partial charge in [0.15, 0.2) is 5.96 Å². The number of nitrogens with zero attached hydrogens (tertiary/aromatic N) is 3. The van der Waals surface area contributed by atoms with Gasteiger partial charge in [-0.3, -0.25) is 9.79 Å². The molecule has 7 heteroatoms. The molecule has 0 radical (unpaired) electrons. The fraction of sp³-hybridized carbons (Fsp3) is 0.647. The molecule has 2 rings (SSSR count). The molecule has 1 aliphatic rings. The molecule has 5 nitrogen and oxygen atoms in total. The standard InChI is InChI=1S/C17H27BrN4OS/c1-19-16(22(4)11-13-7-8-14(18)24-13)20-12-17(9-5-6-10-17)15(23)21(2)3/h7-8H,5-6,9-12H2,1-4H3,(H,19,20). The van der Waals surface area contributed by atoms with Crippen molar-refractivity contribution in [3.8, 4) is 0 Å². The van der Waals surface area contributed by atoms with Gasteiger partial charge in [0.25, 0.3) is 0 Å². The molecule has 0 bridgehead atoms. The lowest BCUT2D eigenvalue weighted by Gasteiger charge is -2.32. The Morgan fingerprint density at radius 3 is 2.50 bits per heavy atom. The molecule has 1 heterocycles. The predicted molar refractivity (Wildman–Crippen MR) is 104 cm³/mol. The Hall–Kier alpha value is -1.08. The van der Waals surface area contributed by atoms with Crippen LogP contribution in [0.1, 0.15) is 30.6 Å². The van der Waals surface area contributed by atoms with Crippen LogP contribution in [0.3, 0.4) is 0 Å². The molecular weight excluding hydrogens is 388 g/mol. The number of carbonyl (C=O) groups excluding carboxylic acids is 1. The predicted octanol–water partition coefficient (Wildman–Crippen LogP) is 3.17. The van der Waals surface area contributed by atoms with Crippen LogP contribution < -0.4 is 5.32 Å². The van der Waals surface area contributed by atoms with Gasteiger partial charge < -0.3 is 15.1 Å². The smallest absolute Gasteiger partial charge is 0.230 e. The Bertz CT molecular complexity index is 593. The van der Waals surface area contributed by atoms with E-state index < -0.39 is 0 Å². The molecule has 1 N–H and O–H groups in total. The number of rotatable bonds is 5. The lowest BCUT2D eigenvalue weighted by molar-refractivity contribution is -0.138. The average molecular weight is 415 g/mol. The van der Waals surface area contributed by atoms with Crippen LogP contribution in [0.5, 0.6) is 0 Å². The highest BCUT2D eigenvalue weighted by atomic mass is 79.9. The zero-order valence-electron chi connectivity index (χ0n) is 14.9. The van der Waals surface area contributed by atoms with Gasteiger partial charge in [-0.25, -0.2) is 0 Å². The normalized spacial score (nSPS) is 17.0. The van der Waals surface area contributed by atoms with Crippen LogP contribution in [0.2, 0.25) is 0 Å². The molecule has 1 amide bonds. The van der Waals surface area contributed by atoms with E-state index in [1.165, 1.54) is 4.88 Å². The largest absolute Gasteiger partial charge is 0.355 e. The number of aliphatic imine (C=N–C) groups is 1. The highest BCUT2D eigenvalue weighted by molar-refractivity contribution is 9.11. The van der Waals surface area contributed by atoms with Gasteiger partial charge >= 0.3 is 0 Å². The quantitative estimate of drug-likeness (QED) is 0.594. The first-order valence-electron chi connectivity index (χ1n) is 8.26. The third-order valence-corrected chi connectivity index (χ3v) is 6.21. The maximum Gasteiger partial charge on any atom is 0.230 e. The van der Waals surface area contributed by atoms with Crippen LogP contribution in [-0.2, 0) is 11.3 Å². The number of hydrogen-bond acceptors (Lipinski definition) is 3. The summed E-state index contributed by atoms with van der Waals surface area (Å²) < 4.78 is 1.13. The molecule has 0 atom stereocenters. The lowest BCUT2D eigenvalue weighted by atomic mass is 9.84. The summed E-state index contributed by atoms with van der Waals surface area (Å²) >= 11 is 5.23. The van der Waals surface area contributed by atoms with E-state index in [-0.39, 0.29) is 11.3 Å². The Labute approximate surface area is 157 Å². The topological polar surface area (TPSA) is 47.9 Å². The van der Waals surface area contributed by atoms with Crippen molar-refractivity contribution in [3.63, 3.8) is 0 Å². The van der Waals surface area contributed by atoms with Crippen LogP contribution in [-0.4, -0.2) is 56.4 Å². The minimum atomic E-state index is -0.285. The number of nitrogens with one attached hydrogen (secondary N) is 1. The molecule has 1 fully saturated rings. The third-order valence-electron chi connectivity index (χ3n) is 4.60. The van der Waals surface area contributed by atoms with Crippen molar-refractivity contribution in [2.45, 2.75) is 32.2 Å². The second-order valence-corrected chi connectivity index (χ2v) is 9.20. The molecule has 0 aliphatic heterocycles. The monoisotopic (exact) mass is 414 g/mol. The second kappa shape index (κ2) is 8.34. The van der Waals surface area contributed by atoms with Crippen LogP contribution in [0, 0.1) is 5.41 Å². The molecule has 1 aromatic heterocycles. The number of hydrogen-bond donors (Lipinski definition) is 1. The van der Waals surface area contributed by atoms with E-state index in [9.17, 15) is 4.79 Å². The van der Waals surface area contributed by atoms with Crippen molar-refractivity contribution >= 4 is 39.1 Å². The maximum atomic E-state index is 12.7. The van der Waals surface area contributed by atoms with Gasteiger partial charge in [-0.15, -0.1) is 11.3 Å². The van der Waals surface area contributed by atoms with Crippen LogP contribution in [0.15, 0.2) is 20.9 Å². The van der Waals surface area contributed by atoms with Crippen molar-refractivity contribution in [2.75, 3.05) is 34.7 Å². The molecule has 134 valence electrons. The van der Waals surface area contributed by atoms with E-state index >= 15 is 0 Å². The fourth-order valence-electron chi connectivity index (χ4n) is 3.37.